The summed E-state index contributed by atoms with van der Waals surface area (Å²) in [5.74, 6) is -0.902. The smallest absolute Gasteiger partial charge is 0.262 e. The van der Waals surface area contributed by atoms with Crippen molar-refractivity contribution in [2.45, 2.75) is 38.1 Å². The zero-order chi connectivity index (χ0) is 21.1. The average molecular weight is 428 g/mol. The molecule has 0 aromatic heterocycles. The van der Waals surface area contributed by atoms with Crippen LogP contribution < -0.4 is 5.32 Å². The number of amides is 2. The first-order valence-corrected chi connectivity index (χ1v) is 10.6. The van der Waals surface area contributed by atoms with Crippen LogP contribution in [0.3, 0.4) is 0 Å². The van der Waals surface area contributed by atoms with Crippen molar-refractivity contribution in [1.82, 2.24) is 10.3 Å². The van der Waals surface area contributed by atoms with Crippen LogP contribution in [0, 0.1) is 11.7 Å². The molecule has 1 aliphatic heterocycles. The maximum atomic E-state index is 14.5. The molecule has 2 amide bonds. The van der Waals surface area contributed by atoms with Crippen LogP contribution in [0.1, 0.15) is 49.3 Å². The number of hydrazone groups is 1. The lowest BCUT2D eigenvalue weighted by molar-refractivity contribution is -0.135. The summed E-state index contributed by atoms with van der Waals surface area (Å²) in [7, 11) is 0. The van der Waals surface area contributed by atoms with Crippen molar-refractivity contribution in [2.75, 3.05) is 6.54 Å². The third-order valence-electron chi connectivity index (χ3n) is 5.75. The fourth-order valence-corrected chi connectivity index (χ4v) is 4.41. The number of nitrogens with one attached hydrogen (secondary N) is 1. The van der Waals surface area contributed by atoms with Gasteiger partial charge in [-0.15, -0.1) is 0 Å². The third kappa shape index (κ3) is 4.24. The van der Waals surface area contributed by atoms with Gasteiger partial charge in [0.1, 0.15) is 5.82 Å². The first kappa shape index (κ1) is 20.5. The van der Waals surface area contributed by atoms with Crippen LogP contribution in [0.5, 0.6) is 0 Å². The van der Waals surface area contributed by atoms with Crippen LogP contribution in [0.15, 0.2) is 53.6 Å². The van der Waals surface area contributed by atoms with Crippen molar-refractivity contribution in [1.29, 1.82) is 0 Å². The minimum absolute atomic E-state index is 0.0269. The van der Waals surface area contributed by atoms with E-state index in [9.17, 15) is 14.0 Å². The summed E-state index contributed by atoms with van der Waals surface area (Å²) in [4.78, 5) is 25.3. The average Bonchev–Trinajstić information content (AvgIpc) is 3.43. The molecule has 156 valence electrons. The van der Waals surface area contributed by atoms with Gasteiger partial charge < -0.3 is 5.32 Å². The maximum Gasteiger partial charge on any atom is 0.262 e. The highest BCUT2D eigenvalue weighted by atomic mass is 35.5. The molecule has 2 aromatic carbocycles. The molecule has 7 heteroatoms. The van der Waals surface area contributed by atoms with Gasteiger partial charge in [0.15, 0.2) is 0 Å². The van der Waals surface area contributed by atoms with Crippen molar-refractivity contribution >= 4 is 29.1 Å². The van der Waals surface area contributed by atoms with E-state index in [1.807, 2.05) is 18.2 Å². The van der Waals surface area contributed by atoms with Gasteiger partial charge in [0.2, 0.25) is 5.91 Å². The molecule has 1 N–H and O–H groups in total. The molecule has 2 aliphatic rings. The predicted molar refractivity (Wildman–Crippen MR) is 114 cm³/mol. The Labute approximate surface area is 179 Å². The molecule has 0 radical (unpaired) electrons. The van der Waals surface area contributed by atoms with Crippen LogP contribution in [0.4, 0.5) is 4.39 Å². The van der Waals surface area contributed by atoms with Gasteiger partial charge in [-0.25, -0.2) is 9.40 Å². The lowest BCUT2D eigenvalue weighted by atomic mass is 9.98. The summed E-state index contributed by atoms with van der Waals surface area (Å²) in [6.45, 7) is -0.167. The van der Waals surface area contributed by atoms with Crippen LogP contribution in [-0.2, 0) is 9.59 Å². The van der Waals surface area contributed by atoms with Crippen LogP contribution in [0.25, 0.3) is 0 Å². The molecule has 1 saturated carbocycles. The van der Waals surface area contributed by atoms with Crippen molar-refractivity contribution in [3.8, 4) is 0 Å². The number of rotatable bonds is 5. The quantitative estimate of drug-likeness (QED) is 0.765. The Balaban J connectivity index is 1.57. The van der Waals surface area contributed by atoms with Crippen molar-refractivity contribution in [3.63, 3.8) is 0 Å². The molecule has 1 atom stereocenters. The maximum absolute atomic E-state index is 14.5. The Morgan fingerprint density at radius 1 is 1.10 bits per heavy atom. The van der Waals surface area contributed by atoms with E-state index in [-0.39, 0.29) is 24.3 Å². The van der Waals surface area contributed by atoms with E-state index in [1.165, 1.54) is 11.1 Å². The lowest BCUT2D eigenvalue weighted by Crippen LogP contribution is -2.40. The largest absolute Gasteiger partial charge is 0.347 e. The number of benzene rings is 2. The van der Waals surface area contributed by atoms with E-state index in [0.717, 1.165) is 25.7 Å². The molecule has 4 rings (SSSR count). The van der Waals surface area contributed by atoms with Crippen molar-refractivity contribution < 1.29 is 14.0 Å². The van der Waals surface area contributed by atoms with E-state index in [0.29, 0.717) is 28.3 Å². The molecule has 5 nitrogen and oxygen atoms in total. The molecule has 0 bridgehead atoms. The monoisotopic (exact) mass is 427 g/mol. The Morgan fingerprint density at radius 2 is 1.80 bits per heavy atom. The fourth-order valence-electron chi connectivity index (χ4n) is 4.16. The molecular weight excluding hydrogens is 405 g/mol. The molecule has 0 saturated heterocycles. The van der Waals surface area contributed by atoms with E-state index < -0.39 is 11.9 Å². The number of carbonyl (C=O) groups excluding carboxylic acids is 2. The zero-order valence-corrected chi connectivity index (χ0v) is 17.2. The van der Waals surface area contributed by atoms with Gasteiger partial charge in [0, 0.05) is 28.5 Å². The SMILES string of the molecule is O=C(NCC(=O)N1N=C(c2ccccc2Cl)C[C@H]1c1ccccc1F)C1CCCC1. The Hall–Kier alpha value is -2.73. The van der Waals surface area contributed by atoms with E-state index in [1.54, 1.807) is 24.3 Å². The van der Waals surface area contributed by atoms with Gasteiger partial charge in [-0.05, 0) is 25.0 Å². The van der Waals surface area contributed by atoms with Gasteiger partial charge in [-0.3, -0.25) is 9.59 Å². The van der Waals surface area contributed by atoms with E-state index in [4.69, 9.17) is 11.6 Å². The normalized spacial score (nSPS) is 19.1. The van der Waals surface area contributed by atoms with Crippen LogP contribution in [0.2, 0.25) is 5.02 Å². The van der Waals surface area contributed by atoms with Gasteiger partial charge >= 0.3 is 0 Å². The minimum Gasteiger partial charge on any atom is -0.347 e. The topological polar surface area (TPSA) is 61.8 Å². The van der Waals surface area contributed by atoms with Crippen LogP contribution in [-0.4, -0.2) is 29.1 Å². The fraction of sp³-hybridized carbons (Fsp3) is 0.348. The van der Waals surface area contributed by atoms with E-state index in [2.05, 4.69) is 10.4 Å². The molecule has 0 spiro atoms. The summed E-state index contributed by atoms with van der Waals surface area (Å²) >= 11 is 6.32. The molecule has 2 aromatic rings. The summed E-state index contributed by atoms with van der Waals surface area (Å²) in [6.07, 6.45) is 4.14. The highest BCUT2D eigenvalue weighted by Gasteiger charge is 2.35. The molecule has 1 fully saturated rings. The first-order chi connectivity index (χ1) is 14.5. The molecular formula is C23H23ClFN3O2. The van der Waals surface area contributed by atoms with Crippen LogP contribution >= 0.6 is 11.6 Å². The summed E-state index contributed by atoms with van der Waals surface area (Å²) in [6, 6.07) is 13.0. The predicted octanol–water partition coefficient (Wildman–Crippen LogP) is 4.46. The lowest BCUT2D eigenvalue weighted by Gasteiger charge is -2.23. The second-order valence-corrected chi connectivity index (χ2v) is 8.11. The standard InChI is InChI=1S/C23H23ClFN3O2/c24-18-11-5-3-9-16(18)20-13-21(17-10-4-6-12-19(17)25)28(27-20)22(29)14-26-23(30)15-7-1-2-8-15/h3-6,9-12,15,21H,1-2,7-8,13-14H2,(H,26,30)/t21-/m0/s1. The van der Waals surface area contributed by atoms with Gasteiger partial charge in [0.25, 0.3) is 5.91 Å². The first-order valence-electron chi connectivity index (χ1n) is 10.2. The summed E-state index contributed by atoms with van der Waals surface area (Å²) < 4.78 is 14.5. The number of hydrogen-bond donors (Lipinski definition) is 1. The second kappa shape index (κ2) is 8.96. The van der Waals surface area contributed by atoms with Gasteiger partial charge in [0.05, 0.1) is 18.3 Å². The molecule has 0 unspecified atom stereocenters. The Morgan fingerprint density at radius 3 is 2.53 bits per heavy atom. The summed E-state index contributed by atoms with van der Waals surface area (Å²) in [5.41, 5.74) is 1.72. The highest BCUT2D eigenvalue weighted by Crippen LogP contribution is 2.35. The van der Waals surface area contributed by atoms with Gasteiger partial charge in [-0.2, -0.15) is 5.10 Å². The highest BCUT2D eigenvalue weighted by molar-refractivity contribution is 6.34. The van der Waals surface area contributed by atoms with E-state index >= 15 is 0 Å². The van der Waals surface area contributed by atoms with Gasteiger partial charge in [-0.1, -0.05) is 60.8 Å². The minimum atomic E-state index is -0.589. The number of halogens is 2. The number of carbonyl (C=O) groups is 2. The Bertz CT molecular complexity index is 988. The number of hydrogen-bond acceptors (Lipinski definition) is 3. The van der Waals surface area contributed by atoms with Crippen molar-refractivity contribution in [3.05, 3.63) is 70.5 Å². The molecule has 1 heterocycles. The summed E-state index contributed by atoms with van der Waals surface area (Å²) in [5, 5.41) is 9.03. The molecule has 30 heavy (non-hydrogen) atoms. The molecule has 1 aliphatic carbocycles. The Kier molecular flexibility index (Phi) is 6.13. The zero-order valence-electron chi connectivity index (χ0n) is 16.5. The number of nitrogens with zero attached hydrogens (tertiary/aromatic N) is 2. The second-order valence-electron chi connectivity index (χ2n) is 7.71. The third-order valence-corrected chi connectivity index (χ3v) is 6.08. The van der Waals surface area contributed by atoms with Crippen molar-refractivity contribution in [2.24, 2.45) is 11.0 Å².